The molecule has 4 N–H and O–H groups in total. The average molecular weight is 307 g/mol. The second-order valence-corrected chi connectivity index (χ2v) is 5.36. The van der Waals surface area contributed by atoms with Crippen LogP contribution in [0.5, 0.6) is 0 Å². The molecule has 0 saturated carbocycles. The summed E-state index contributed by atoms with van der Waals surface area (Å²) < 4.78 is 5.13. The minimum Gasteiger partial charge on any atom is -0.445 e. The molecule has 6 nitrogen and oxygen atoms in total. The second kappa shape index (κ2) is 9.78. The molecule has 122 valence electrons. The van der Waals surface area contributed by atoms with Gasteiger partial charge in [-0.15, -0.1) is 0 Å². The molecule has 1 aromatic carbocycles. The van der Waals surface area contributed by atoms with Crippen LogP contribution in [-0.2, 0) is 16.1 Å². The first-order chi connectivity index (χ1) is 10.5. The highest BCUT2D eigenvalue weighted by molar-refractivity contribution is 5.85. The maximum atomic E-state index is 12.0. The molecule has 1 rings (SSSR count). The van der Waals surface area contributed by atoms with Gasteiger partial charge < -0.3 is 21.1 Å². The van der Waals surface area contributed by atoms with Crippen LogP contribution in [0.1, 0.15) is 25.8 Å². The number of hydrogen-bond acceptors (Lipinski definition) is 4. The van der Waals surface area contributed by atoms with Gasteiger partial charge in [0.15, 0.2) is 0 Å². The lowest BCUT2D eigenvalue weighted by Crippen LogP contribution is -2.50. The molecule has 0 fully saturated rings. The Hall–Kier alpha value is -2.08. The van der Waals surface area contributed by atoms with Gasteiger partial charge in [0.2, 0.25) is 5.91 Å². The highest BCUT2D eigenvalue weighted by Gasteiger charge is 2.24. The van der Waals surface area contributed by atoms with Crippen LogP contribution in [0.3, 0.4) is 0 Å². The van der Waals surface area contributed by atoms with E-state index in [2.05, 4.69) is 10.6 Å². The van der Waals surface area contributed by atoms with Crippen LogP contribution in [-0.4, -0.2) is 31.1 Å². The molecular weight excluding hydrogens is 282 g/mol. The largest absolute Gasteiger partial charge is 0.445 e. The lowest BCUT2D eigenvalue weighted by molar-refractivity contribution is -0.124. The second-order valence-electron chi connectivity index (χ2n) is 5.36. The van der Waals surface area contributed by atoms with E-state index in [9.17, 15) is 9.59 Å². The van der Waals surface area contributed by atoms with Crippen molar-refractivity contribution in [2.45, 2.75) is 32.9 Å². The Morgan fingerprint density at radius 1 is 1.23 bits per heavy atom. The van der Waals surface area contributed by atoms with Crippen molar-refractivity contribution in [3.8, 4) is 0 Å². The van der Waals surface area contributed by atoms with E-state index in [0.717, 1.165) is 5.56 Å². The number of alkyl carbamates (subject to hydrolysis) is 1. The highest BCUT2D eigenvalue weighted by Crippen LogP contribution is 2.04. The molecule has 6 heteroatoms. The minimum atomic E-state index is -0.624. The summed E-state index contributed by atoms with van der Waals surface area (Å²) >= 11 is 0. The SMILES string of the molecule is CC(C)[C@H](NC(=O)OCc1ccccc1)C(=O)NCCCN. The molecular formula is C16H25N3O3. The molecule has 0 radical (unpaired) electrons. The molecule has 0 heterocycles. The van der Waals surface area contributed by atoms with Gasteiger partial charge in [0, 0.05) is 6.54 Å². The van der Waals surface area contributed by atoms with Crippen LogP contribution in [0.25, 0.3) is 0 Å². The fourth-order valence-electron chi connectivity index (χ4n) is 1.85. The van der Waals surface area contributed by atoms with Crippen LogP contribution in [0.4, 0.5) is 4.79 Å². The molecule has 1 atom stereocenters. The summed E-state index contributed by atoms with van der Waals surface area (Å²) in [7, 11) is 0. The van der Waals surface area contributed by atoms with Crippen LogP contribution >= 0.6 is 0 Å². The number of ether oxygens (including phenoxy) is 1. The van der Waals surface area contributed by atoms with Gasteiger partial charge in [-0.2, -0.15) is 0 Å². The zero-order valence-corrected chi connectivity index (χ0v) is 13.2. The van der Waals surface area contributed by atoms with Crippen molar-refractivity contribution < 1.29 is 14.3 Å². The van der Waals surface area contributed by atoms with Gasteiger partial charge in [0.05, 0.1) is 0 Å². The Bertz CT molecular complexity index is 463. The van der Waals surface area contributed by atoms with E-state index >= 15 is 0 Å². The first kappa shape index (κ1) is 18.0. The molecule has 1 aromatic rings. The summed E-state index contributed by atoms with van der Waals surface area (Å²) in [5.74, 6) is -0.262. The van der Waals surface area contributed by atoms with E-state index in [-0.39, 0.29) is 18.4 Å². The van der Waals surface area contributed by atoms with Gasteiger partial charge in [-0.05, 0) is 24.4 Å². The monoisotopic (exact) mass is 307 g/mol. The molecule has 0 saturated heterocycles. The Morgan fingerprint density at radius 3 is 2.50 bits per heavy atom. The first-order valence-electron chi connectivity index (χ1n) is 7.49. The standard InChI is InChI=1S/C16H25N3O3/c1-12(2)14(15(20)18-10-6-9-17)19-16(21)22-11-13-7-4-3-5-8-13/h3-5,7-8,12,14H,6,9-11,17H2,1-2H3,(H,18,20)(H,19,21)/t14-/m0/s1. The van der Waals surface area contributed by atoms with E-state index in [1.165, 1.54) is 0 Å². The Balaban J connectivity index is 2.44. The summed E-state index contributed by atoms with van der Waals surface area (Å²) in [5, 5.41) is 5.36. The van der Waals surface area contributed by atoms with E-state index < -0.39 is 12.1 Å². The molecule has 0 aromatic heterocycles. The topological polar surface area (TPSA) is 93.4 Å². The third-order valence-electron chi connectivity index (χ3n) is 3.12. The Labute approximate surface area is 131 Å². The predicted octanol–water partition coefficient (Wildman–Crippen LogP) is 1.40. The number of rotatable bonds is 8. The highest BCUT2D eigenvalue weighted by atomic mass is 16.5. The third kappa shape index (κ3) is 6.58. The third-order valence-corrected chi connectivity index (χ3v) is 3.12. The molecule has 22 heavy (non-hydrogen) atoms. The van der Waals surface area contributed by atoms with Gasteiger partial charge in [-0.3, -0.25) is 4.79 Å². The zero-order valence-electron chi connectivity index (χ0n) is 13.2. The van der Waals surface area contributed by atoms with E-state index in [1.807, 2.05) is 44.2 Å². The maximum Gasteiger partial charge on any atom is 0.408 e. The van der Waals surface area contributed by atoms with Crippen LogP contribution in [0, 0.1) is 5.92 Å². The number of nitrogens with two attached hydrogens (primary N) is 1. The van der Waals surface area contributed by atoms with E-state index in [0.29, 0.717) is 19.5 Å². The Morgan fingerprint density at radius 2 is 1.91 bits per heavy atom. The van der Waals surface area contributed by atoms with Crippen molar-refractivity contribution in [1.82, 2.24) is 10.6 Å². The van der Waals surface area contributed by atoms with Gasteiger partial charge in [0.25, 0.3) is 0 Å². The van der Waals surface area contributed by atoms with Crippen LogP contribution in [0.15, 0.2) is 30.3 Å². The zero-order chi connectivity index (χ0) is 16.4. The summed E-state index contributed by atoms with van der Waals surface area (Å²) in [6.45, 7) is 4.92. The smallest absolute Gasteiger partial charge is 0.408 e. The lowest BCUT2D eigenvalue weighted by atomic mass is 10.0. The number of carbonyl (C=O) groups is 2. The van der Waals surface area contributed by atoms with E-state index in [4.69, 9.17) is 10.5 Å². The van der Waals surface area contributed by atoms with Crippen molar-refractivity contribution in [3.63, 3.8) is 0 Å². The van der Waals surface area contributed by atoms with Crippen molar-refractivity contribution in [2.24, 2.45) is 11.7 Å². The lowest BCUT2D eigenvalue weighted by Gasteiger charge is -2.21. The Kier molecular flexibility index (Phi) is 7.99. The fourth-order valence-corrected chi connectivity index (χ4v) is 1.85. The molecule has 0 spiro atoms. The number of carbonyl (C=O) groups excluding carboxylic acids is 2. The molecule has 0 aliphatic rings. The molecule has 0 bridgehead atoms. The minimum absolute atomic E-state index is 0.0397. The van der Waals surface area contributed by atoms with Crippen molar-refractivity contribution in [1.29, 1.82) is 0 Å². The van der Waals surface area contributed by atoms with Crippen LogP contribution in [0.2, 0.25) is 0 Å². The normalized spacial score (nSPS) is 11.8. The summed E-state index contributed by atoms with van der Waals surface area (Å²) in [4.78, 5) is 23.9. The summed E-state index contributed by atoms with van der Waals surface area (Å²) in [5.41, 5.74) is 6.28. The van der Waals surface area contributed by atoms with Gasteiger partial charge >= 0.3 is 6.09 Å². The number of hydrogen-bond donors (Lipinski definition) is 3. The molecule has 0 unspecified atom stereocenters. The quantitative estimate of drug-likeness (QED) is 0.633. The fraction of sp³-hybridized carbons (Fsp3) is 0.500. The van der Waals surface area contributed by atoms with Gasteiger partial charge in [-0.25, -0.2) is 4.79 Å². The van der Waals surface area contributed by atoms with Crippen molar-refractivity contribution >= 4 is 12.0 Å². The average Bonchev–Trinajstić information content (AvgIpc) is 2.51. The van der Waals surface area contributed by atoms with Gasteiger partial charge in [0.1, 0.15) is 12.6 Å². The van der Waals surface area contributed by atoms with Crippen molar-refractivity contribution in [2.75, 3.05) is 13.1 Å². The maximum absolute atomic E-state index is 12.0. The van der Waals surface area contributed by atoms with Crippen LogP contribution < -0.4 is 16.4 Å². The first-order valence-corrected chi connectivity index (χ1v) is 7.49. The number of nitrogens with one attached hydrogen (secondary N) is 2. The van der Waals surface area contributed by atoms with E-state index in [1.54, 1.807) is 0 Å². The van der Waals surface area contributed by atoms with Crippen molar-refractivity contribution in [3.05, 3.63) is 35.9 Å². The predicted molar refractivity (Wildman–Crippen MR) is 85.1 cm³/mol. The molecule has 0 aliphatic heterocycles. The molecule has 0 aliphatic carbocycles. The number of amides is 2. The number of benzene rings is 1. The van der Waals surface area contributed by atoms with Gasteiger partial charge in [-0.1, -0.05) is 44.2 Å². The summed E-state index contributed by atoms with van der Waals surface area (Å²) in [6, 6.07) is 8.75. The molecule has 2 amide bonds. The summed E-state index contributed by atoms with van der Waals surface area (Å²) in [6.07, 6.45) is 0.103.